The van der Waals surface area contributed by atoms with Crippen molar-refractivity contribution in [1.29, 1.82) is 0 Å². The second-order valence-corrected chi connectivity index (χ2v) is 4.95. The Morgan fingerprint density at radius 3 is 1.20 bits per heavy atom. The first-order valence-corrected chi connectivity index (χ1v) is 4.12. The van der Waals surface area contributed by atoms with E-state index in [-0.39, 0.29) is 0 Å². The molecule has 1 rings (SSSR count). The topological polar surface area (TPSA) is 0 Å². The lowest BCUT2D eigenvalue weighted by atomic mass is 10.0. The predicted molar refractivity (Wildman–Crippen MR) is 45.6 cm³/mol. The molecular weight excluding hydrogens is 120 g/mol. The van der Waals surface area contributed by atoms with E-state index in [1.165, 1.54) is 0 Å². The van der Waals surface area contributed by atoms with Crippen LogP contribution in [0.1, 0.15) is 41.5 Å². The van der Waals surface area contributed by atoms with Crippen LogP contribution in [0.3, 0.4) is 0 Å². The molecule has 0 unspecified atom stereocenters. The zero-order chi connectivity index (χ0) is 8.15. The lowest BCUT2D eigenvalue weighted by Crippen LogP contribution is -1.95. The Labute approximate surface area is 65.0 Å². The number of rotatable bonds is 1. The highest BCUT2D eigenvalue weighted by atomic mass is 14.7. The summed E-state index contributed by atoms with van der Waals surface area (Å²) in [7, 11) is 0. The molecule has 0 amide bonds. The van der Waals surface area contributed by atoms with Crippen LogP contribution < -0.4 is 0 Å². The molecule has 0 heteroatoms. The van der Waals surface area contributed by atoms with Crippen molar-refractivity contribution in [2.24, 2.45) is 16.7 Å². The first-order chi connectivity index (χ1) is 4.32. The van der Waals surface area contributed by atoms with E-state index in [0.717, 1.165) is 5.92 Å². The zero-order valence-electron chi connectivity index (χ0n) is 8.08. The lowest BCUT2D eigenvalue weighted by Gasteiger charge is -2.01. The predicted octanol–water partition coefficient (Wildman–Crippen LogP) is 3.28. The summed E-state index contributed by atoms with van der Waals surface area (Å²) in [4.78, 5) is 0. The van der Waals surface area contributed by atoms with E-state index in [1.807, 2.05) is 0 Å². The Hall–Kier alpha value is -0.130. The third kappa shape index (κ3) is 0.710. The molecule has 1 fully saturated rings. The molecule has 0 radical (unpaired) electrons. The Kier molecular flexibility index (Phi) is 1.37. The molecule has 0 heterocycles. The molecule has 1 aliphatic carbocycles. The van der Waals surface area contributed by atoms with Crippen molar-refractivity contribution in [2.75, 3.05) is 0 Å². The van der Waals surface area contributed by atoms with Gasteiger partial charge in [-0.1, -0.05) is 27.7 Å². The summed E-state index contributed by atoms with van der Waals surface area (Å²) in [6.07, 6.45) is 0. The van der Waals surface area contributed by atoms with E-state index in [4.69, 9.17) is 0 Å². The van der Waals surface area contributed by atoms with Gasteiger partial charge in [0, 0.05) is 10.8 Å². The van der Waals surface area contributed by atoms with Crippen LogP contribution in [0.2, 0.25) is 0 Å². The lowest BCUT2D eigenvalue weighted by molar-refractivity contribution is 0.457. The normalized spacial score (nSPS) is 28.2. The third-order valence-corrected chi connectivity index (χ3v) is 3.60. The minimum Gasteiger partial charge on any atom is -0.0548 e. The van der Waals surface area contributed by atoms with Crippen LogP contribution in [-0.4, -0.2) is 0 Å². The molecule has 0 bridgehead atoms. The standard InChI is InChI=1S/C10H19/c1-7(2)8-9(3,4)10(8,5)6/h8H,1-6H3/q+1. The molecule has 0 aromatic carbocycles. The Morgan fingerprint density at radius 2 is 1.20 bits per heavy atom. The van der Waals surface area contributed by atoms with Crippen LogP contribution in [-0.2, 0) is 0 Å². The van der Waals surface area contributed by atoms with Gasteiger partial charge in [0.1, 0.15) is 5.92 Å². The molecular formula is C10H19+. The van der Waals surface area contributed by atoms with Gasteiger partial charge in [-0.25, -0.2) is 0 Å². The van der Waals surface area contributed by atoms with Gasteiger partial charge in [0.15, 0.2) is 0 Å². The van der Waals surface area contributed by atoms with Crippen LogP contribution in [0, 0.1) is 22.7 Å². The molecule has 10 heavy (non-hydrogen) atoms. The average molecular weight is 139 g/mol. The molecule has 0 aromatic heterocycles. The first-order valence-electron chi connectivity index (χ1n) is 4.12. The molecule has 0 aromatic rings. The molecule has 0 N–H and O–H groups in total. The Bertz CT molecular complexity index is 126. The van der Waals surface area contributed by atoms with E-state index in [2.05, 4.69) is 41.5 Å². The van der Waals surface area contributed by atoms with E-state index < -0.39 is 0 Å². The van der Waals surface area contributed by atoms with Crippen molar-refractivity contribution in [3.05, 3.63) is 5.92 Å². The summed E-state index contributed by atoms with van der Waals surface area (Å²) in [6, 6.07) is 0. The minimum absolute atomic E-state index is 0.547. The zero-order valence-corrected chi connectivity index (χ0v) is 8.08. The third-order valence-electron chi connectivity index (χ3n) is 3.60. The van der Waals surface area contributed by atoms with Gasteiger partial charge in [0.25, 0.3) is 0 Å². The molecule has 1 saturated carbocycles. The van der Waals surface area contributed by atoms with Crippen LogP contribution in [0.25, 0.3) is 0 Å². The fraction of sp³-hybridized carbons (Fsp3) is 0.900. The highest BCUT2D eigenvalue weighted by Crippen LogP contribution is 2.71. The summed E-state index contributed by atoms with van der Waals surface area (Å²) < 4.78 is 0. The minimum atomic E-state index is 0.547. The van der Waals surface area contributed by atoms with Gasteiger partial charge in [-0.05, 0) is 0 Å². The van der Waals surface area contributed by atoms with Gasteiger partial charge in [0.05, 0.1) is 19.8 Å². The molecule has 0 aliphatic heterocycles. The summed E-state index contributed by atoms with van der Waals surface area (Å²) in [5.74, 6) is 2.44. The molecule has 0 saturated heterocycles. The summed E-state index contributed by atoms with van der Waals surface area (Å²) in [5, 5.41) is 0. The van der Waals surface area contributed by atoms with Gasteiger partial charge < -0.3 is 0 Å². The molecule has 0 nitrogen and oxygen atoms in total. The SMILES string of the molecule is C[C+](C)C1C(C)(C)C1(C)C. The molecule has 0 spiro atoms. The van der Waals surface area contributed by atoms with Crippen molar-refractivity contribution in [3.8, 4) is 0 Å². The Balaban J connectivity index is 2.72. The largest absolute Gasteiger partial charge is 0.111 e. The first kappa shape index (κ1) is 7.97. The van der Waals surface area contributed by atoms with Gasteiger partial charge in [-0.15, -0.1) is 0 Å². The van der Waals surface area contributed by atoms with Crippen molar-refractivity contribution >= 4 is 0 Å². The van der Waals surface area contributed by atoms with Gasteiger partial charge in [-0.2, -0.15) is 0 Å². The second-order valence-electron chi connectivity index (χ2n) is 4.95. The van der Waals surface area contributed by atoms with Crippen LogP contribution in [0.4, 0.5) is 0 Å². The van der Waals surface area contributed by atoms with Crippen molar-refractivity contribution < 1.29 is 0 Å². The second kappa shape index (κ2) is 1.72. The fourth-order valence-electron chi connectivity index (χ4n) is 2.64. The van der Waals surface area contributed by atoms with Gasteiger partial charge in [-0.3, -0.25) is 0 Å². The monoisotopic (exact) mass is 139 g/mol. The van der Waals surface area contributed by atoms with E-state index >= 15 is 0 Å². The maximum Gasteiger partial charge on any atom is 0.111 e. The summed E-state index contributed by atoms with van der Waals surface area (Å²) in [6.45, 7) is 14.0. The van der Waals surface area contributed by atoms with Crippen molar-refractivity contribution in [1.82, 2.24) is 0 Å². The van der Waals surface area contributed by atoms with Crippen molar-refractivity contribution in [3.63, 3.8) is 0 Å². The van der Waals surface area contributed by atoms with Crippen LogP contribution >= 0.6 is 0 Å². The van der Waals surface area contributed by atoms with Crippen LogP contribution in [0.5, 0.6) is 0 Å². The van der Waals surface area contributed by atoms with E-state index in [9.17, 15) is 0 Å². The van der Waals surface area contributed by atoms with E-state index in [0.29, 0.717) is 10.8 Å². The molecule has 58 valence electrons. The fourth-order valence-corrected chi connectivity index (χ4v) is 2.64. The van der Waals surface area contributed by atoms with Crippen LogP contribution in [0.15, 0.2) is 0 Å². The average Bonchev–Trinajstić information content (AvgIpc) is 1.97. The highest BCUT2D eigenvalue weighted by Gasteiger charge is 2.71. The Morgan fingerprint density at radius 1 is 0.900 bits per heavy atom. The van der Waals surface area contributed by atoms with Gasteiger partial charge in [0.2, 0.25) is 0 Å². The molecule has 1 aliphatic rings. The van der Waals surface area contributed by atoms with Crippen molar-refractivity contribution in [2.45, 2.75) is 41.5 Å². The highest BCUT2D eigenvalue weighted by molar-refractivity contribution is 5.21. The summed E-state index contributed by atoms with van der Waals surface area (Å²) >= 11 is 0. The number of hydrogen-bond acceptors (Lipinski definition) is 0. The number of hydrogen-bond donors (Lipinski definition) is 0. The maximum absolute atomic E-state index is 2.37. The van der Waals surface area contributed by atoms with E-state index in [1.54, 1.807) is 5.92 Å². The smallest absolute Gasteiger partial charge is 0.0548 e. The maximum atomic E-state index is 2.37. The molecule has 0 atom stereocenters. The quantitative estimate of drug-likeness (QED) is 0.489. The van der Waals surface area contributed by atoms with Gasteiger partial charge >= 0.3 is 0 Å². The summed E-state index contributed by atoms with van der Waals surface area (Å²) in [5.41, 5.74) is 1.09.